The van der Waals surface area contributed by atoms with E-state index in [0.29, 0.717) is 39.7 Å². The van der Waals surface area contributed by atoms with E-state index in [9.17, 15) is 10.1 Å². The number of hydrogen-bond acceptors (Lipinski definition) is 7. The minimum absolute atomic E-state index is 0.0382. The molecule has 1 aromatic heterocycles. The first kappa shape index (κ1) is 20.7. The maximum atomic E-state index is 11.4. The van der Waals surface area contributed by atoms with E-state index in [-0.39, 0.29) is 17.9 Å². The molecular formula is C25H21N3O5. The van der Waals surface area contributed by atoms with Crippen molar-refractivity contribution in [2.24, 2.45) is 4.99 Å². The molecule has 2 heterocycles. The zero-order valence-electron chi connectivity index (χ0n) is 18.4. The molecule has 0 saturated carbocycles. The van der Waals surface area contributed by atoms with Crippen LogP contribution in [0.2, 0.25) is 0 Å². The lowest BCUT2D eigenvalue weighted by atomic mass is 9.87. The molecular weight excluding hydrogens is 422 g/mol. The molecule has 8 heteroatoms. The van der Waals surface area contributed by atoms with E-state index in [0.717, 1.165) is 5.56 Å². The normalized spacial score (nSPS) is 13.2. The van der Waals surface area contributed by atoms with Crippen molar-refractivity contribution in [2.45, 2.75) is 26.2 Å². The molecule has 0 bridgehead atoms. The van der Waals surface area contributed by atoms with Gasteiger partial charge in [-0.1, -0.05) is 32.9 Å². The molecule has 33 heavy (non-hydrogen) atoms. The Labute approximate surface area is 189 Å². The minimum atomic E-state index is -0.472. The van der Waals surface area contributed by atoms with Gasteiger partial charge in [0, 0.05) is 17.8 Å². The summed E-state index contributed by atoms with van der Waals surface area (Å²) in [6.07, 6.45) is 1.43. The number of aromatic nitrogens is 1. The number of ether oxygens (including phenoxy) is 2. The lowest BCUT2D eigenvalue weighted by Crippen LogP contribution is -2.10. The summed E-state index contributed by atoms with van der Waals surface area (Å²) in [6.45, 7) is 6.54. The van der Waals surface area contributed by atoms with Gasteiger partial charge in [-0.05, 0) is 41.3 Å². The highest BCUT2D eigenvalue weighted by molar-refractivity contribution is 5.89. The van der Waals surface area contributed by atoms with Gasteiger partial charge in [-0.15, -0.1) is 0 Å². The number of nitrogens with zero attached hydrogens (tertiary/aromatic N) is 3. The van der Waals surface area contributed by atoms with Crippen molar-refractivity contribution in [3.8, 4) is 23.0 Å². The van der Waals surface area contributed by atoms with E-state index in [1.54, 1.807) is 18.2 Å². The zero-order chi connectivity index (χ0) is 23.2. The summed E-state index contributed by atoms with van der Waals surface area (Å²) in [7, 11) is 0. The monoisotopic (exact) mass is 443 g/mol. The van der Waals surface area contributed by atoms with E-state index in [4.69, 9.17) is 13.9 Å². The van der Waals surface area contributed by atoms with Gasteiger partial charge in [-0.2, -0.15) is 0 Å². The van der Waals surface area contributed by atoms with E-state index in [1.807, 2.05) is 18.2 Å². The molecule has 5 rings (SSSR count). The summed E-state index contributed by atoms with van der Waals surface area (Å²) < 4.78 is 16.5. The van der Waals surface area contributed by atoms with Crippen LogP contribution in [0.25, 0.3) is 22.6 Å². The average Bonchev–Trinajstić information content (AvgIpc) is 3.42. The number of fused-ring (bicyclic) bond motifs is 2. The first-order valence-electron chi connectivity index (χ1n) is 10.4. The molecule has 1 aliphatic heterocycles. The second-order valence-corrected chi connectivity index (χ2v) is 8.78. The van der Waals surface area contributed by atoms with Gasteiger partial charge in [0.2, 0.25) is 12.7 Å². The summed E-state index contributed by atoms with van der Waals surface area (Å²) in [5.74, 6) is 1.33. The predicted molar refractivity (Wildman–Crippen MR) is 125 cm³/mol. The molecule has 166 valence electrons. The van der Waals surface area contributed by atoms with Crippen LogP contribution in [-0.2, 0) is 5.41 Å². The number of benzene rings is 3. The number of hydrogen-bond donors (Lipinski definition) is 0. The minimum Gasteiger partial charge on any atom is -0.454 e. The van der Waals surface area contributed by atoms with Crippen molar-refractivity contribution in [1.82, 2.24) is 4.98 Å². The smallest absolute Gasteiger partial charge is 0.282 e. The Bertz CT molecular complexity index is 1400. The van der Waals surface area contributed by atoms with Gasteiger partial charge < -0.3 is 13.9 Å². The predicted octanol–water partition coefficient (Wildman–Crippen LogP) is 6.18. The second kappa shape index (κ2) is 7.74. The Morgan fingerprint density at radius 3 is 2.45 bits per heavy atom. The molecule has 0 amide bonds. The van der Waals surface area contributed by atoms with Crippen molar-refractivity contribution in [1.29, 1.82) is 0 Å². The van der Waals surface area contributed by atoms with Crippen molar-refractivity contribution >= 4 is 28.7 Å². The fourth-order valence-corrected chi connectivity index (χ4v) is 3.58. The molecule has 8 nitrogen and oxygen atoms in total. The first-order chi connectivity index (χ1) is 15.8. The highest BCUT2D eigenvalue weighted by atomic mass is 16.7. The number of rotatable bonds is 4. The summed E-state index contributed by atoms with van der Waals surface area (Å²) >= 11 is 0. The standard InChI is InChI=1S/C25H21N3O5/c1-25(2,3)17-6-4-15(5-7-17)24-27-19-9-8-18(11-21(19)33-24)26-13-16-10-22-23(32-14-31-22)12-20(16)28(29)30/h4-13H,14H2,1-3H3. The lowest BCUT2D eigenvalue weighted by Gasteiger charge is -2.18. The number of nitro benzene ring substituents is 1. The van der Waals surface area contributed by atoms with Crippen molar-refractivity contribution < 1.29 is 18.8 Å². The Kier molecular flexibility index (Phi) is 4.85. The van der Waals surface area contributed by atoms with E-state index in [1.165, 1.54) is 17.8 Å². The quantitative estimate of drug-likeness (QED) is 0.212. The van der Waals surface area contributed by atoms with Crippen LogP contribution in [0.4, 0.5) is 11.4 Å². The average molecular weight is 443 g/mol. The Morgan fingerprint density at radius 2 is 1.76 bits per heavy atom. The van der Waals surface area contributed by atoms with Gasteiger partial charge in [-0.3, -0.25) is 15.1 Å². The van der Waals surface area contributed by atoms with Crippen LogP contribution >= 0.6 is 0 Å². The number of nitro groups is 1. The van der Waals surface area contributed by atoms with Gasteiger partial charge in [-0.25, -0.2) is 4.98 Å². The van der Waals surface area contributed by atoms with Crippen LogP contribution in [0.1, 0.15) is 31.9 Å². The molecule has 0 N–H and O–H groups in total. The summed E-state index contributed by atoms with van der Waals surface area (Å²) in [5.41, 5.74) is 4.28. The Hall–Kier alpha value is -4.20. The highest BCUT2D eigenvalue weighted by Gasteiger charge is 2.22. The van der Waals surface area contributed by atoms with Crippen molar-refractivity contribution in [3.63, 3.8) is 0 Å². The molecule has 0 saturated heterocycles. The van der Waals surface area contributed by atoms with Crippen LogP contribution in [0.15, 0.2) is 64.0 Å². The molecule has 0 spiro atoms. The largest absolute Gasteiger partial charge is 0.454 e. The molecule has 0 atom stereocenters. The van der Waals surface area contributed by atoms with Gasteiger partial charge in [0.05, 0.1) is 22.2 Å². The summed E-state index contributed by atoms with van der Waals surface area (Å²) in [4.78, 5) is 19.9. The molecule has 0 unspecified atom stereocenters. The van der Waals surface area contributed by atoms with Crippen LogP contribution in [-0.4, -0.2) is 22.9 Å². The van der Waals surface area contributed by atoms with Crippen molar-refractivity contribution in [2.75, 3.05) is 6.79 Å². The third kappa shape index (κ3) is 4.03. The fourth-order valence-electron chi connectivity index (χ4n) is 3.58. The number of aliphatic imine (C=N–C) groups is 1. The van der Waals surface area contributed by atoms with E-state index in [2.05, 4.69) is 42.9 Å². The molecule has 0 fully saturated rings. The van der Waals surface area contributed by atoms with Crippen LogP contribution in [0.3, 0.4) is 0 Å². The van der Waals surface area contributed by atoms with Gasteiger partial charge >= 0.3 is 0 Å². The SMILES string of the molecule is CC(C)(C)c1ccc(-c2nc3ccc(N=Cc4cc5c(cc4[N+](=O)[O-])OCO5)cc3o2)cc1. The Morgan fingerprint density at radius 1 is 1.03 bits per heavy atom. The summed E-state index contributed by atoms with van der Waals surface area (Å²) in [5, 5.41) is 11.4. The maximum Gasteiger partial charge on any atom is 0.282 e. The lowest BCUT2D eigenvalue weighted by molar-refractivity contribution is -0.385. The van der Waals surface area contributed by atoms with Crippen molar-refractivity contribution in [3.05, 3.63) is 75.8 Å². The first-order valence-corrected chi connectivity index (χ1v) is 10.4. The maximum absolute atomic E-state index is 11.4. The molecule has 0 aliphatic carbocycles. The molecule has 1 aliphatic rings. The van der Waals surface area contributed by atoms with Gasteiger partial charge in [0.1, 0.15) is 5.52 Å². The third-order valence-corrected chi connectivity index (χ3v) is 5.44. The molecule has 4 aromatic rings. The molecule has 0 radical (unpaired) electrons. The third-order valence-electron chi connectivity index (χ3n) is 5.44. The highest BCUT2D eigenvalue weighted by Crippen LogP contribution is 2.37. The fraction of sp³-hybridized carbons (Fsp3) is 0.200. The van der Waals surface area contributed by atoms with Crippen LogP contribution < -0.4 is 9.47 Å². The zero-order valence-corrected chi connectivity index (χ0v) is 18.4. The summed E-state index contributed by atoms with van der Waals surface area (Å²) in [6, 6.07) is 16.4. The van der Waals surface area contributed by atoms with Crippen LogP contribution in [0.5, 0.6) is 11.5 Å². The van der Waals surface area contributed by atoms with Gasteiger partial charge in [0.25, 0.3) is 5.69 Å². The Balaban J connectivity index is 1.44. The van der Waals surface area contributed by atoms with E-state index >= 15 is 0 Å². The number of oxazole rings is 1. The van der Waals surface area contributed by atoms with Crippen LogP contribution in [0, 0.1) is 10.1 Å². The van der Waals surface area contributed by atoms with E-state index < -0.39 is 4.92 Å². The molecule has 3 aromatic carbocycles. The topological polar surface area (TPSA) is 100.0 Å². The second-order valence-electron chi connectivity index (χ2n) is 8.78. The van der Waals surface area contributed by atoms with Gasteiger partial charge in [0.15, 0.2) is 17.1 Å².